The average Bonchev–Trinajstić information content (AvgIpc) is 3.09. The Labute approximate surface area is 138 Å². The Balaban J connectivity index is 1.65. The van der Waals surface area contributed by atoms with Gasteiger partial charge in [0, 0.05) is 23.5 Å². The van der Waals surface area contributed by atoms with Crippen molar-refractivity contribution in [3.05, 3.63) is 78.0 Å². The maximum absolute atomic E-state index is 11.9. The number of hydrogen-bond acceptors (Lipinski definition) is 3. The summed E-state index contributed by atoms with van der Waals surface area (Å²) in [6.07, 6.45) is 9.84. The Morgan fingerprint density at radius 3 is 2.78 bits per heavy atom. The van der Waals surface area contributed by atoms with Gasteiger partial charge in [0.25, 0.3) is 0 Å². The molecule has 1 amide bonds. The molecule has 0 spiro atoms. The number of halogens is 1. The van der Waals surface area contributed by atoms with Crippen LogP contribution < -0.4 is 5.32 Å². The summed E-state index contributed by atoms with van der Waals surface area (Å²) in [7, 11) is 0. The van der Waals surface area contributed by atoms with Crippen LogP contribution in [0.4, 0.5) is 5.69 Å². The molecule has 0 aliphatic carbocycles. The molecule has 0 saturated heterocycles. The van der Waals surface area contributed by atoms with E-state index in [1.807, 2.05) is 18.2 Å². The second kappa shape index (κ2) is 6.89. The lowest BCUT2D eigenvalue weighted by molar-refractivity contribution is -0.111. The summed E-state index contributed by atoms with van der Waals surface area (Å²) in [5, 5.41) is 3.35. The zero-order valence-electron chi connectivity index (χ0n) is 12.1. The molecule has 1 aromatic carbocycles. The van der Waals surface area contributed by atoms with E-state index in [-0.39, 0.29) is 5.91 Å². The van der Waals surface area contributed by atoms with Crippen molar-refractivity contribution in [2.24, 2.45) is 0 Å². The zero-order chi connectivity index (χ0) is 16.1. The number of carbonyl (C=O) groups excluding carboxylic acids is 1. The number of nitrogens with zero attached hydrogens (tertiary/aromatic N) is 3. The van der Waals surface area contributed by atoms with Crippen LogP contribution in [0.15, 0.2) is 67.4 Å². The molecule has 0 atom stereocenters. The quantitative estimate of drug-likeness (QED) is 0.746. The molecule has 2 heterocycles. The lowest BCUT2D eigenvalue weighted by Gasteiger charge is -2.04. The molecule has 23 heavy (non-hydrogen) atoms. The molecule has 0 unspecified atom stereocenters. The largest absolute Gasteiger partial charge is 0.321 e. The van der Waals surface area contributed by atoms with Gasteiger partial charge in [-0.1, -0.05) is 29.8 Å². The average molecular weight is 325 g/mol. The van der Waals surface area contributed by atoms with E-state index in [4.69, 9.17) is 11.6 Å². The highest BCUT2D eigenvalue weighted by Crippen LogP contribution is 2.16. The minimum absolute atomic E-state index is 0.248. The fourth-order valence-corrected chi connectivity index (χ4v) is 2.17. The Morgan fingerprint density at radius 2 is 2.09 bits per heavy atom. The van der Waals surface area contributed by atoms with Gasteiger partial charge in [-0.25, -0.2) is 9.97 Å². The van der Waals surface area contributed by atoms with Crippen LogP contribution in [0.25, 0.3) is 11.9 Å². The summed E-state index contributed by atoms with van der Waals surface area (Å²) in [6, 6.07) is 10.9. The molecule has 0 fully saturated rings. The van der Waals surface area contributed by atoms with Crippen molar-refractivity contribution in [3.63, 3.8) is 0 Å². The lowest BCUT2D eigenvalue weighted by atomic mass is 10.2. The van der Waals surface area contributed by atoms with Crippen LogP contribution in [-0.2, 0) is 4.79 Å². The highest BCUT2D eigenvalue weighted by Gasteiger charge is 2.01. The first-order chi connectivity index (χ1) is 11.2. The second-order valence-corrected chi connectivity index (χ2v) is 5.13. The van der Waals surface area contributed by atoms with Crippen LogP contribution in [0.1, 0.15) is 5.56 Å². The monoisotopic (exact) mass is 324 g/mol. The number of benzene rings is 1. The van der Waals surface area contributed by atoms with Gasteiger partial charge in [0.1, 0.15) is 12.1 Å². The van der Waals surface area contributed by atoms with Crippen molar-refractivity contribution >= 4 is 29.3 Å². The molecule has 0 aliphatic heterocycles. The minimum Gasteiger partial charge on any atom is -0.321 e. The van der Waals surface area contributed by atoms with E-state index >= 15 is 0 Å². The molecule has 3 aromatic rings. The van der Waals surface area contributed by atoms with E-state index in [1.54, 1.807) is 53.8 Å². The van der Waals surface area contributed by atoms with Gasteiger partial charge >= 0.3 is 0 Å². The molecule has 0 aliphatic rings. The van der Waals surface area contributed by atoms with Crippen molar-refractivity contribution in [2.45, 2.75) is 0 Å². The maximum atomic E-state index is 11.9. The summed E-state index contributed by atoms with van der Waals surface area (Å²) in [4.78, 5) is 20.2. The van der Waals surface area contributed by atoms with Gasteiger partial charge in [0.05, 0.1) is 11.9 Å². The number of pyridine rings is 1. The van der Waals surface area contributed by atoms with Crippen molar-refractivity contribution in [1.82, 2.24) is 14.5 Å². The Morgan fingerprint density at radius 1 is 1.22 bits per heavy atom. The van der Waals surface area contributed by atoms with E-state index in [9.17, 15) is 4.79 Å². The van der Waals surface area contributed by atoms with Gasteiger partial charge in [-0.05, 0) is 29.8 Å². The van der Waals surface area contributed by atoms with Crippen LogP contribution in [0.2, 0.25) is 5.02 Å². The van der Waals surface area contributed by atoms with Crippen molar-refractivity contribution in [3.8, 4) is 5.82 Å². The van der Waals surface area contributed by atoms with Crippen molar-refractivity contribution in [2.75, 3.05) is 5.32 Å². The highest BCUT2D eigenvalue weighted by molar-refractivity contribution is 6.32. The minimum atomic E-state index is -0.248. The number of rotatable bonds is 4. The summed E-state index contributed by atoms with van der Waals surface area (Å²) in [5.41, 5.74) is 1.40. The molecule has 0 saturated carbocycles. The van der Waals surface area contributed by atoms with Crippen LogP contribution in [0.3, 0.4) is 0 Å². The molecule has 0 bridgehead atoms. The Bertz CT molecular complexity index is 826. The fraction of sp³-hybridized carbons (Fsp3) is 0. The molecular formula is C17H13ClN4O. The van der Waals surface area contributed by atoms with Gasteiger partial charge in [0.15, 0.2) is 0 Å². The molecule has 1 N–H and O–H groups in total. The SMILES string of the molecule is O=C(/C=C/c1ccccc1Cl)Nc1ccc(-n2ccnc2)nc1. The van der Waals surface area contributed by atoms with Gasteiger partial charge in [-0.15, -0.1) is 0 Å². The normalized spacial score (nSPS) is 10.8. The molecule has 5 nitrogen and oxygen atoms in total. The Hall–Kier alpha value is -2.92. The first kappa shape index (κ1) is 15.0. The van der Waals surface area contributed by atoms with Crippen LogP contribution in [0, 0.1) is 0 Å². The number of hydrogen-bond donors (Lipinski definition) is 1. The third-order valence-electron chi connectivity index (χ3n) is 3.10. The molecule has 114 valence electrons. The number of aromatic nitrogens is 3. The third kappa shape index (κ3) is 3.84. The van der Waals surface area contributed by atoms with Crippen LogP contribution in [0.5, 0.6) is 0 Å². The van der Waals surface area contributed by atoms with Gasteiger partial charge in [-0.2, -0.15) is 0 Å². The third-order valence-corrected chi connectivity index (χ3v) is 3.45. The molecule has 0 radical (unpaired) electrons. The number of amides is 1. The number of nitrogens with one attached hydrogen (secondary N) is 1. The zero-order valence-corrected chi connectivity index (χ0v) is 12.8. The topological polar surface area (TPSA) is 59.8 Å². The molecular weight excluding hydrogens is 312 g/mol. The van der Waals surface area contributed by atoms with E-state index in [2.05, 4.69) is 15.3 Å². The number of imidazole rings is 1. The van der Waals surface area contributed by atoms with Crippen molar-refractivity contribution in [1.29, 1.82) is 0 Å². The summed E-state index contributed by atoms with van der Waals surface area (Å²) in [5.74, 6) is 0.481. The summed E-state index contributed by atoms with van der Waals surface area (Å²) in [6.45, 7) is 0. The van der Waals surface area contributed by atoms with Gasteiger partial charge in [0.2, 0.25) is 5.91 Å². The molecule has 3 rings (SSSR count). The highest BCUT2D eigenvalue weighted by atomic mass is 35.5. The molecule has 2 aromatic heterocycles. The fourth-order valence-electron chi connectivity index (χ4n) is 1.97. The lowest BCUT2D eigenvalue weighted by Crippen LogP contribution is -2.08. The first-order valence-corrected chi connectivity index (χ1v) is 7.28. The smallest absolute Gasteiger partial charge is 0.248 e. The van der Waals surface area contributed by atoms with Crippen molar-refractivity contribution < 1.29 is 4.79 Å². The number of carbonyl (C=O) groups is 1. The van der Waals surface area contributed by atoms with Gasteiger partial charge < -0.3 is 5.32 Å². The molecule has 6 heteroatoms. The second-order valence-electron chi connectivity index (χ2n) is 4.72. The predicted octanol–water partition coefficient (Wildman–Crippen LogP) is 3.57. The van der Waals surface area contributed by atoms with Crippen LogP contribution >= 0.6 is 11.6 Å². The summed E-state index contributed by atoms with van der Waals surface area (Å²) < 4.78 is 1.78. The van der Waals surface area contributed by atoms with E-state index < -0.39 is 0 Å². The summed E-state index contributed by atoms with van der Waals surface area (Å²) >= 11 is 6.03. The Kier molecular flexibility index (Phi) is 4.49. The first-order valence-electron chi connectivity index (χ1n) is 6.90. The van der Waals surface area contributed by atoms with Gasteiger partial charge in [-0.3, -0.25) is 9.36 Å². The van der Waals surface area contributed by atoms with E-state index in [0.29, 0.717) is 10.7 Å². The maximum Gasteiger partial charge on any atom is 0.248 e. The predicted molar refractivity (Wildman–Crippen MR) is 90.5 cm³/mol. The standard InChI is InChI=1S/C17H13ClN4O/c18-15-4-2-1-3-13(15)5-8-17(23)21-14-6-7-16(20-11-14)22-10-9-19-12-22/h1-12H,(H,21,23)/b8-5+. The number of anilines is 1. The van der Waals surface area contributed by atoms with E-state index in [0.717, 1.165) is 11.4 Å². The van der Waals surface area contributed by atoms with Crippen LogP contribution in [-0.4, -0.2) is 20.4 Å². The van der Waals surface area contributed by atoms with E-state index in [1.165, 1.54) is 6.08 Å².